The third-order valence-corrected chi connectivity index (χ3v) is 1.81. The van der Waals surface area contributed by atoms with Crippen LogP contribution in [-0.2, 0) is 6.61 Å². The van der Waals surface area contributed by atoms with Crippen molar-refractivity contribution in [3.05, 3.63) is 47.5 Å². The summed E-state index contributed by atoms with van der Waals surface area (Å²) < 4.78 is 0. The lowest BCUT2D eigenvalue weighted by atomic mass is 10.0. The number of hydrogen-bond acceptors (Lipinski definition) is 1. The zero-order valence-corrected chi connectivity index (χ0v) is 6.59. The number of rotatable bonds is 2. The number of aliphatic hydroxyl groups excluding tert-OH is 1. The van der Waals surface area contributed by atoms with E-state index in [9.17, 15) is 0 Å². The molecule has 0 atom stereocenters. The molecule has 0 aliphatic heterocycles. The Bertz CT molecular complexity index is 264. The maximum atomic E-state index is 8.89. The molecule has 1 aromatic carbocycles. The zero-order valence-electron chi connectivity index (χ0n) is 6.59. The average molecular weight is 147 g/mol. The van der Waals surface area contributed by atoms with Gasteiger partial charge in [-0.25, -0.2) is 0 Å². The van der Waals surface area contributed by atoms with Crippen LogP contribution in [0.3, 0.4) is 0 Å². The first-order valence-electron chi connectivity index (χ1n) is 3.52. The molecule has 0 fully saturated rings. The van der Waals surface area contributed by atoms with Crippen molar-refractivity contribution < 1.29 is 5.11 Å². The Kier molecular flexibility index (Phi) is 2.44. The summed E-state index contributed by atoms with van der Waals surface area (Å²) in [6, 6.07) is 5.73. The van der Waals surface area contributed by atoms with E-state index in [2.05, 4.69) is 12.7 Å². The van der Waals surface area contributed by atoms with Crippen molar-refractivity contribution in [2.45, 2.75) is 13.5 Å². The van der Waals surface area contributed by atoms with Crippen molar-refractivity contribution >= 4 is 0 Å². The molecule has 1 N–H and O–H groups in total. The average Bonchev–Trinajstić information content (AvgIpc) is 2.05. The van der Waals surface area contributed by atoms with Crippen molar-refractivity contribution in [3.8, 4) is 0 Å². The fourth-order valence-corrected chi connectivity index (χ4v) is 1.05. The van der Waals surface area contributed by atoms with E-state index in [1.54, 1.807) is 0 Å². The minimum atomic E-state index is 0.0847. The second-order valence-electron chi connectivity index (χ2n) is 2.42. The van der Waals surface area contributed by atoms with Gasteiger partial charge >= 0.3 is 0 Å². The quantitative estimate of drug-likeness (QED) is 0.676. The highest BCUT2D eigenvalue weighted by Crippen LogP contribution is 2.12. The predicted molar refractivity (Wildman–Crippen MR) is 45.1 cm³/mol. The molecule has 0 aromatic heterocycles. The minimum Gasteiger partial charge on any atom is -0.392 e. The Labute approximate surface area is 67.0 Å². The first-order chi connectivity index (χ1) is 5.29. The van der Waals surface area contributed by atoms with Gasteiger partial charge in [0, 0.05) is 0 Å². The molecule has 1 aromatic rings. The third-order valence-electron chi connectivity index (χ3n) is 1.81. The summed E-state index contributed by atoms with van der Waals surface area (Å²) in [5.41, 5.74) is 2.97. The topological polar surface area (TPSA) is 20.2 Å². The Morgan fingerprint density at radius 2 is 2.27 bits per heavy atom. The first kappa shape index (κ1) is 8.02. The van der Waals surface area contributed by atoms with E-state index >= 15 is 0 Å². The normalized spacial score (nSPS) is 9.64. The second kappa shape index (κ2) is 3.35. The molecule has 0 aliphatic carbocycles. The van der Waals surface area contributed by atoms with Gasteiger partial charge < -0.3 is 5.11 Å². The summed E-state index contributed by atoms with van der Waals surface area (Å²) in [7, 11) is 0. The van der Waals surface area contributed by atoms with Gasteiger partial charge in [0.2, 0.25) is 0 Å². The smallest absolute Gasteiger partial charge is 0.0684 e. The summed E-state index contributed by atoms with van der Waals surface area (Å²) in [5.74, 6) is 0. The van der Waals surface area contributed by atoms with Gasteiger partial charge in [0.25, 0.3) is 0 Å². The molecular weight excluding hydrogens is 136 g/mol. The van der Waals surface area contributed by atoms with Gasteiger partial charge in [-0.3, -0.25) is 0 Å². The maximum absolute atomic E-state index is 8.89. The summed E-state index contributed by atoms with van der Waals surface area (Å²) in [5, 5.41) is 8.89. The fraction of sp³-hybridized carbons (Fsp3) is 0.200. The highest BCUT2D eigenvalue weighted by Gasteiger charge is 1.98. The SMILES string of the molecule is C=[C]c1cccc(CO)c1C. The lowest BCUT2D eigenvalue weighted by molar-refractivity contribution is 0.281. The van der Waals surface area contributed by atoms with Crippen LogP contribution in [0.4, 0.5) is 0 Å². The Balaban J connectivity index is 3.20. The van der Waals surface area contributed by atoms with E-state index in [0.717, 1.165) is 16.7 Å². The number of benzene rings is 1. The van der Waals surface area contributed by atoms with Crippen LogP contribution in [0.25, 0.3) is 0 Å². The summed E-state index contributed by atoms with van der Waals surface area (Å²) >= 11 is 0. The summed E-state index contributed by atoms with van der Waals surface area (Å²) in [6.07, 6.45) is 2.81. The van der Waals surface area contributed by atoms with Crippen LogP contribution in [0.5, 0.6) is 0 Å². The third kappa shape index (κ3) is 1.49. The highest BCUT2D eigenvalue weighted by atomic mass is 16.3. The van der Waals surface area contributed by atoms with Crippen LogP contribution in [0, 0.1) is 13.0 Å². The molecule has 0 spiro atoms. The van der Waals surface area contributed by atoms with Gasteiger partial charge in [0.15, 0.2) is 0 Å². The Morgan fingerprint density at radius 1 is 1.55 bits per heavy atom. The van der Waals surface area contributed by atoms with E-state index in [1.807, 2.05) is 25.1 Å². The van der Waals surface area contributed by atoms with Gasteiger partial charge in [0.05, 0.1) is 6.61 Å². The zero-order chi connectivity index (χ0) is 8.27. The van der Waals surface area contributed by atoms with Crippen LogP contribution in [0.1, 0.15) is 16.7 Å². The largest absolute Gasteiger partial charge is 0.392 e. The number of aliphatic hydroxyl groups is 1. The first-order valence-corrected chi connectivity index (χ1v) is 3.52. The fourth-order valence-electron chi connectivity index (χ4n) is 1.05. The van der Waals surface area contributed by atoms with E-state index in [-0.39, 0.29) is 6.61 Å². The molecule has 0 unspecified atom stereocenters. The summed E-state index contributed by atoms with van der Waals surface area (Å²) in [6.45, 7) is 5.60. The lowest BCUT2D eigenvalue weighted by Gasteiger charge is -2.04. The molecule has 0 amide bonds. The maximum Gasteiger partial charge on any atom is 0.0684 e. The van der Waals surface area contributed by atoms with Crippen LogP contribution in [-0.4, -0.2) is 5.11 Å². The molecule has 1 radical (unpaired) electrons. The van der Waals surface area contributed by atoms with Gasteiger partial charge in [-0.2, -0.15) is 0 Å². The molecule has 57 valence electrons. The molecule has 0 heterocycles. The van der Waals surface area contributed by atoms with Gasteiger partial charge in [0.1, 0.15) is 0 Å². The highest BCUT2D eigenvalue weighted by molar-refractivity contribution is 5.36. The summed E-state index contributed by atoms with van der Waals surface area (Å²) in [4.78, 5) is 0. The molecule has 0 saturated heterocycles. The van der Waals surface area contributed by atoms with Crippen molar-refractivity contribution in [1.29, 1.82) is 0 Å². The van der Waals surface area contributed by atoms with Crippen molar-refractivity contribution in [1.82, 2.24) is 0 Å². The van der Waals surface area contributed by atoms with Crippen LogP contribution >= 0.6 is 0 Å². The Hall–Kier alpha value is -1.08. The van der Waals surface area contributed by atoms with E-state index < -0.39 is 0 Å². The molecule has 11 heavy (non-hydrogen) atoms. The van der Waals surface area contributed by atoms with Crippen LogP contribution in [0.15, 0.2) is 24.8 Å². The molecule has 0 aliphatic rings. The molecule has 1 heteroatoms. The monoisotopic (exact) mass is 147 g/mol. The molecule has 0 saturated carbocycles. The second-order valence-corrected chi connectivity index (χ2v) is 2.42. The Morgan fingerprint density at radius 3 is 2.82 bits per heavy atom. The predicted octanol–water partition coefficient (Wildman–Crippen LogP) is 1.82. The van der Waals surface area contributed by atoms with E-state index in [0.29, 0.717) is 0 Å². The van der Waals surface area contributed by atoms with Gasteiger partial charge in [-0.1, -0.05) is 24.8 Å². The van der Waals surface area contributed by atoms with Gasteiger partial charge in [-0.05, 0) is 29.7 Å². The van der Waals surface area contributed by atoms with E-state index in [4.69, 9.17) is 5.11 Å². The van der Waals surface area contributed by atoms with Gasteiger partial charge in [-0.15, -0.1) is 0 Å². The van der Waals surface area contributed by atoms with Crippen molar-refractivity contribution in [2.24, 2.45) is 0 Å². The lowest BCUT2D eigenvalue weighted by Crippen LogP contribution is -1.90. The molecule has 1 rings (SSSR count). The van der Waals surface area contributed by atoms with Crippen LogP contribution < -0.4 is 0 Å². The molecule has 1 nitrogen and oxygen atoms in total. The van der Waals surface area contributed by atoms with Crippen molar-refractivity contribution in [2.75, 3.05) is 0 Å². The van der Waals surface area contributed by atoms with Crippen LogP contribution in [0.2, 0.25) is 0 Å². The standard InChI is InChI=1S/C10H11O/c1-3-9-5-4-6-10(7-11)8(9)2/h4-6,11H,1,7H2,2H3. The van der Waals surface area contributed by atoms with E-state index in [1.165, 1.54) is 0 Å². The van der Waals surface area contributed by atoms with Crippen molar-refractivity contribution in [3.63, 3.8) is 0 Å². The molecular formula is C10H11O. The minimum absolute atomic E-state index is 0.0847. The molecule has 0 bridgehead atoms. The number of hydrogen-bond donors (Lipinski definition) is 1.